The van der Waals surface area contributed by atoms with E-state index in [9.17, 15) is 22.5 Å². The van der Waals surface area contributed by atoms with Gasteiger partial charge in [0.05, 0.1) is 5.69 Å². The molecule has 2 fully saturated rings. The molecule has 0 saturated carbocycles. The summed E-state index contributed by atoms with van der Waals surface area (Å²) in [6.07, 6.45) is -1.61. The molecule has 2 bridgehead atoms. The Morgan fingerprint density at radius 1 is 1.16 bits per heavy atom. The Morgan fingerprint density at radius 3 is 2.38 bits per heavy atom. The minimum Gasteiger partial charge on any atom is -0.445 e. The number of nitrogens with zero attached hydrogens (tertiary/aromatic N) is 3. The number of fused-ring (bicyclic) bond motifs is 3. The van der Waals surface area contributed by atoms with Crippen LogP contribution in [0.1, 0.15) is 33.8 Å². The number of carbonyl (C=O) groups is 2. The van der Waals surface area contributed by atoms with E-state index in [1.165, 1.54) is 6.07 Å². The third-order valence-electron chi connectivity index (χ3n) is 5.46. The second-order valence-corrected chi connectivity index (χ2v) is 10.3. The van der Waals surface area contributed by atoms with Crippen LogP contribution < -0.4 is 4.90 Å². The molecule has 178 valence electrons. The molecule has 32 heavy (non-hydrogen) atoms. The van der Waals surface area contributed by atoms with E-state index in [1.807, 2.05) is 4.90 Å². The van der Waals surface area contributed by atoms with E-state index in [0.717, 1.165) is 0 Å². The van der Waals surface area contributed by atoms with Crippen molar-refractivity contribution in [3.8, 4) is 0 Å². The summed E-state index contributed by atoms with van der Waals surface area (Å²) in [7, 11) is -4.20. The Hall–Kier alpha value is -2.60. The maximum Gasteiger partial charge on any atom is 0.439 e. The van der Waals surface area contributed by atoms with Gasteiger partial charge in [-0.2, -0.15) is 8.42 Å². The summed E-state index contributed by atoms with van der Waals surface area (Å²) in [5.41, 5.74) is -1.60. The largest absolute Gasteiger partial charge is 0.445 e. The first-order chi connectivity index (χ1) is 14.4. The summed E-state index contributed by atoms with van der Waals surface area (Å²) in [6.45, 7) is 5.87. The van der Waals surface area contributed by atoms with Crippen molar-refractivity contribution in [1.82, 2.24) is 10.0 Å². The lowest BCUT2D eigenvalue weighted by molar-refractivity contribution is -0.0326. The quantitative estimate of drug-likeness (QED) is 0.453. The molecule has 12 heteroatoms. The van der Waals surface area contributed by atoms with Gasteiger partial charge in [-0.05, 0) is 38.5 Å². The first kappa shape index (κ1) is 24.1. The summed E-state index contributed by atoms with van der Waals surface area (Å²) < 4.78 is 55.3. The normalized spacial score (nSPS) is 24.6. The molecule has 3 aliphatic heterocycles. The molecule has 3 heterocycles. The van der Waals surface area contributed by atoms with Crippen molar-refractivity contribution in [2.24, 2.45) is 0 Å². The summed E-state index contributed by atoms with van der Waals surface area (Å²) in [5, 5.41) is -0.119. The minimum atomic E-state index is -4.20. The Morgan fingerprint density at radius 2 is 1.81 bits per heavy atom. The average Bonchev–Trinajstić information content (AvgIpc) is 2.96. The van der Waals surface area contributed by atoms with Crippen molar-refractivity contribution >= 4 is 28.0 Å². The van der Waals surface area contributed by atoms with Crippen LogP contribution in [-0.4, -0.2) is 75.6 Å². The van der Waals surface area contributed by atoms with Crippen molar-refractivity contribution in [3.05, 3.63) is 23.8 Å². The lowest BCUT2D eigenvalue weighted by Gasteiger charge is -2.37. The number of benzene rings is 1. The molecule has 1 aromatic carbocycles. The van der Waals surface area contributed by atoms with Crippen LogP contribution in [0.5, 0.6) is 0 Å². The topological polar surface area (TPSA) is 106 Å². The van der Waals surface area contributed by atoms with Crippen molar-refractivity contribution in [1.29, 1.82) is 0 Å². The molecule has 0 aromatic heterocycles. The molecule has 10 nitrogen and oxygen atoms in total. The molecule has 4 rings (SSSR count). The molecule has 2 saturated heterocycles. The van der Waals surface area contributed by atoms with Crippen molar-refractivity contribution in [3.63, 3.8) is 0 Å². The molecule has 1 aromatic rings. The zero-order valence-corrected chi connectivity index (χ0v) is 18.3. The van der Waals surface area contributed by atoms with E-state index in [2.05, 4.69) is 0 Å². The number of hydrogen-bond acceptors (Lipinski definition) is 8. The average molecular weight is 474 g/mol. The molecule has 3 aliphatic rings. The van der Waals surface area contributed by atoms with Gasteiger partial charge in [0.25, 0.3) is 10.1 Å². The number of halogens is 1. The van der Waals surface area contributed by atoms with E-state index < -0.39 is 40.1 Å². The summed E-state index contributed by atoms with van der Waals surface area (Å²) in [4.78, 5) is 27.1. The van der Waals surface area contributed by atoms with Gasteiger partial charge in [-0.3, -0.25) is 4.18 Å². The molecule has 1 unspecified atom stereocenters. The van der Waals surface area contributed by atoms with Gasteiger partial charge < -0.3 is 19.3 Å². The van der Waals surface area contributed by atoms with E-state index in [4.69, 9.17) is 13.7 Å². The smallest absolute Gasteiger partial charge is 0.439 e. The van der Waals surface area contributed by atoms with Gasteiger partial charge in [-0.15, -0.1) is 5.12 Å². The first-order valence-electron chi connectivity index (χ1n) is 9.83. The van der Waals surface area contributed by atoms with Gasteiger partial charge in [0.1, 0.15) is 23.7 Å². The lowest BCUT2D eigenvalue weighted by atomic mass is 9.92. The first-order valence-corrected chi connectivity index (χ1v) is 11.2. The third-order valence-corrected chi connectivity index (χ3v) is 6.76. The molecule has 1 spiro atoms. The van der Waals surface area contributed by atoms with E-state index in [1.54, 1.807) is 37.8 Å². The number of carbonyl (C=O) groups excluding carboxylic acids is 2. The molecular formula is C20H28FN3O7S. The number of rotatable bonds is 1. The van der Waals surface area contributed by atoms with Crippen LogP contribution in [-0.2, 0) is 29.3 Å². The summed E-state index contributed by atoms with van der Waals surface area (Å²) in [5.74, 6) is 0. The standard InChI is InChI=1S/C19H24FN3O7S.CH4/c1-18(2,3)30-16(24)22-8-6-21(7-9-22)14-5-4-13-10-15(14)31(26,27)29-12-19(13)11-28-17(25)23(19)20;/h4-5,10H,6-9,11-12H2,1-3H3;1H4. The molecule has 1 atom stereocenters. The van der Waals surface area contributed by atoms with Crippen LogP contribution in [0.15, 0.2) is 23.1 Å². The van der Waals surface area contributed by atoms with Crippen LogP contribution >= 0.6 is 0 Å². The van der Waals surface area contributed by atoms with Crippen LogP contribution in [0.25, 0.3) is 0 Å². The number of cyclic esters (lactones) is 1. The monoisotopic (exact) mass is 473 g/mol. The zero-order chi connectivity index (χ0) is 22.6. The number of hydrogen-bond donors (Lipinski definition) is 0. The fourth-order valence-corrected chi connectivity index (χ4v) is 5.01. The molecule has 0 radical (unpaired) electrons. The van der Waals surface area contributed by atoms with Gasteiger partial charge >= 0.3 is 12.2 Å². The second kappa shape index (κ2) is 8.07. The summed E-state index contributed by atoms with van der Waals surface area (Å²) in [6, 6.07) is 4.46. The Labute approximate surface area is 186 Å². The Bertz CT molecular complexity index is 1020. The highest BCUT2D eigenvalue weighted by molar-refractivity contribution is 7.87. The van der Waals surface area contributed by atoms with E-state index in [0.29, 0.717) is 31.9 Å². The second-order valence-electron chi connectivity index (χ2n) is 8.72. The van der Waals surface area contributed by atoms with Gasteiger partial charge in [-0.1, -0.05) is 18.0 Å². The SMILES string of the molecule is C.CC(C)(C)OC(=O)N1CCN(c2ccc3cc2S(=O)(=O)OCC32COC(=O)N2F)CC1. The maximum atomic E-state index is 14.5. The number of anilines is 1. The van der Waals surface area contributed by atoms with Crippen molar-refractivity contribution < 1.29 is 36.1 Å². The van der Waals surface area contributed by atoms with Crippen LogP contribution in [0.3, 0.4) is 0 Å². The zero-order valence-electron chi connectivity index (χ0n) is 17.5. The predicted molar refractivity (Wildman–Crippen MR) is 112 cm³/mol. The highest BCUT2D eigenvalue weighted by Gasteiger charge is 2.53. The lowest BCUT2D eigenvalue weighted by Crippen LogP contribution is -2.50. The van der Waals surface area contributed by atoms with Crippen LogP contribution in [0.2, 0.25) is 0 Å². The molecule has 2 amide bonds. The van der Waals surface area contributed by atoms with Crippen LogP contribution in [0.4, 0.5) is 19.8 Å². The Kier molecular flexibility index (Phi) is 6.07. The summed E-state index contributed by atoms with van der Waals surface area (Å²) >= 11 is 0. The highest BCUT2D eigenvalue weighted by Crippen LogP contribution is 2.42. The third kappa shape index (κ3) is 4.08. The van der Waals surface area contributed by atoms with Crippen molar-refractivity contribution in [2.45, 2.75) is 44.2 Å². The van der Waals surface area contributed by atoms with Crippen LogP contribution in [0, 0.1) is 0 Å². The van der Waals surface area contributed by atoms with Gasteiger partial charge in [0, 0.05) is 26.2 Å². The van der Waals surface area contributed by atoms with Gasteiger partial charge in [0.2, 0.25) is 0 Å². The fraction of sp³-hybridized carbons (Fsp3) is 0.600. The molecule has 0 N–H and O–H groups in total. The Balaban J connectivity index is 0.00000289. The number of ether oxygens (including phenoxy) is 2. The maximum absolute atomic E-state index is 14.5. The number of amides is 2. The van der Waals surface area contributed by atoms with Gasteiger partial charge in [-0.25, -0.2) is 9.59 Å². The van der Waals surface area contributed by atoms with E-state index in [-0.39, 0.29) is 29.6 Å². The highest BCUT2D eigenvalue weighted by atomic mass is 32.2. The fourth-order valence-electron chi connectivity index (χ4n) is 3.81. The van der Waals surface area contributed by atoms with Gasteiger partial charge in [0.15, 0.2) is 5.54 Å². The van der Waals surface area contributed by atoms with E-state index >= 15 is 0 Å². The number of piperazine rings is 1. The molecule has 0 aliphatic carbocycles. The van der Waals surface area contributed by atoms with Crippen molar-refractivity contribution in [2.75, 3.05) is 44.3 Å². The minimum absolute atomic E-state index is 0. The molecular weight excluding hydrogens is 445 g/mol. The predicted octanol–water partition coefficient (Wildman–Crippen LogP) is 2.63.